The van der Waals surface area contributed by atoms with E-state index in [9.17, 15) is 0 Å². The van der Waals surface area contributed by atoms with Crippen molar-refractivity contribution in [2.24, 2.45) is 0 Å². The summed E-state index contributed by atoms with van der Waals surface area (Å²) in [5.74, 6) is 1.30. The standard InChI is InChI=1S/C14H25NS2/c1-11-10-14(13(3)17-11)12(2)15-8-6-5-7-9-16-4/h10,12,15H,5-9H2,1-4H3. The summed E-state index contributed by atoms with van der Waals surface area (Å²) in [4.78, 5) is 2.89. The van der Waals surface area contributed by atoms with E-state index in [2.05, 4.69) is 38.4 Å². The molecule has 0 radical (unpaired) electrons. The zero-order valence-electron chi connectivity index (χ0n) is 11.5. The average molecular weight is 271 g/mol. The molecule has 0 bridgehead atoms. The summed E-state index contributed by atoms with van der Waals surface area (Å²) in [6.45, 7) is 7.83. The molecule has 0 saturated carbocycles. The molecule has 0 aliphatic carbocycles. The van der Waals surface area contributed by atoms with Gasteiger partial charge in [0.2, 0.25) is 0 Å². The van der Waals surface area contributed by atoms with Crippen LogP contribution >= 0.6 is 23.1 Å². The van der Waals surface area contributed by atoms with E-state index in [0.29, 0.717) is 6.04 Å². The maximum Gasteiger partial charge on any atom is 0.0302 e. The highest BCUT2D eigenvalue weighted by Crippen LogP contribution is 2.25. The molecule has 0 aromatic carbocycles. The molecule has 17 heavy (non-hydrogen) atoms. The van der Waals surface area contributed by atoms with Gasteiger partial charge < -0.3 is 5.32 Å². The number of thioether (sulfide) groups is 1. The largest absolute Gasteiger partial charge is 0.310 e. The fourth-order valence-electron chi connectivity index (χ4n) is 2.06. The van der Waals surface area contributed by atoms with E-state index < -0.39 is 0 Å². The Hall–Kier alpha value is 0.01000. The zero-order chi connectivity index (χ0) is 12.7. The first-order chi connectivity index (χ1) is 8.15. The first-order valence-corrected chi connectivity index (χ1v) is 8.65. The Morgan fingerprint density at radius 3 is 2.65 bits per heavy atom. The smallest absolute Gasteiger partial charge is 0.0302 e. The number of nitrogens with one attached hydrogen (secondary N) is 1. The molecule has 1 N–H and O–H groups in total. The zero-order valence-corrected chi connectivity index (χ0v) is 13.1. The van der Waals surface area contributed by atoms with Gasteiger partial charge in [0, 0.05) is 15.8 Å². The van der Waals surface area contributed by atoms with E-state index in [-0.39, 0.29) is 0 Å². The van der Waals surface area contributed by atoms with Crippen LogP contribution < -0.4 is 5.32 Å². The summed E-state index contributed by atoms with van der Waals surface area (Å²) in [6.07, 6.45) is 6.19. The second-order valence-electron chi connectivity index (χ2n) is 4.60. The number of hydrogen-bond acceptors (Lipinski definition) is 3. The van der Waals surface area contributed by atoms with Gasteiger partial charge in [-0.3, -0.25) is 0 Å². The first kappa shape index (κ1) is 15.1. The maximum atomic E-state index is 3.63. The van der Waals surface area contributed by atoms with Crippen LogP contribution in [0.3, 0.4) is 0 Å². The summed E-state index contributed by atoms with van der Waals surface area (Å²) in [7, 11) is 0. The van der Waals surface area contributed by atoms with E-state index >= 15 is 0 Å². The minimum absolute atomic E-state index is 0.500. The Bertz CT molecular complexity index is 320. The van der Waals surface area contributed by atoms with E-state index in [4.69, 9.17) is 0 Å². The number of thiophene rings is 1. The lowest BCUT2D eigenvalue weighted by Gasteiger charge is -2.13. The highest BCUT2D eigenvalue weighted by molar-refractivity contribution is 7.98. The molecule has 1 atom stereocenters. The van der Waals surface area contributed by atoms with E-state index in [1.54, 1.807) is 0 Å². The van der Waals surface area contributed by atoms with Crippen LogP contribution in [-0.2, 0) is 0 Å². The van der Waals surface area contributed by atoms with Crippen molar-refractivity contribution in [3.05, 3.63) is 21.4 Å². The number of unbranched alkanes of at least 4 members (excludes halogenated alkanes) is 2. The molecule has 0 spiro atoms. The molecule has 0 aliphatic rings. The Balaban J connectivity index is 2.21. The third kappa shape index (κ3) is 5.45. The van der Waals surface area contributed by atoms with Gasteiger partial charge in [-0.2, -0.15) is 11.8 Å². The molecule has 1 nitrogen and oxygen atoms in total. The molecule has 0 saturated heterocycles. The number of aryl methyl sites for hydroxylation is 2. The fourth-order valence-corrected chi connectivity index (χ4v) is 3.57. The third-order valence-corrected chi connectivity index (χ3v) is 4.70. The van der Waals surface area contributed by atoms with Crippen molar-refractivity contribution in [2.75, 3.05) is 18.6 Å². The van der Waals surface area contributed by atoms with Crippen LogP contribution in [0.25, 0.3) is 0 Å². The monoisotopic (exact) mass is 271 g/mol. The molecule has 1 aromatic heterocycles. The minimum atomic E-state index is 0.500. The van der Waals surface area contributed by atoms with Crippen molar-refractivity contribution in [3.63, 3.8) is 0 Å². The van der Waals surface area contributed by atoms with Gasteiger partial charge in [0.05, 0.1) is 0 Å². The Labute approximate surface area is 114 Å². The van der Waals surface area contributed by atoms with Crippen molar-refractivity contribution in [2.45, 2.75) is 46.1 Å². The Kier molecular flexibility index (Phi) is 7.24. The average Bonchev–Trinajstić information content (AvgIpc) is 2.62. The predicted octanol–water partition coefficient (Wildman–Crippen LogP) is 4.55. The van der Waals surface area contributed by atoms with E-state index in [0.717, 1.165) is 6.54 Å². The van der Waals surface area contributed by atoms with Crippen molar-refractivity contribution in [1.29, 1.82) is 0 Å². The lowest BCUT2D eigenvalue weighted by atomic mass is 10.1. The molecule has 0 fully saturated rings. The first-order valence-electron chi connectivity index (χ1n) is 6.44. The van der Waals surface area contributed by atoms with Gasteiger partial charge in [-0.1, -0.05) is 6.42 Å². The predicted molar refractivity (Wildman–Crippen MR) is 82.4 cm³/mol. The lowest BCUT2D eigenvalue weighted by molar-refractivity contribution is 0.544. The summed E-state index contributed by atoms with van der Waals surface area (Å²) in [5.41, 5.74) is 1.48. The van der Waals surface area contributed by atoms with E-state index in [1.807, 2.05) is 23.1 Å². The van der Waals surface area contributed by atoms with Crippen LogP contribution in [0, 0.1) is 13.8 Å². The lowest BCUT2D eigenvalue weighted by Crippen LogP contribution is -2.19. The van der Waals surface area contributed by atoms with Gasteiger partial charge in [-0.05, 0) is 63.8 Å². The quantitative estimate of drug-likeness (QED) is 0.696. The number of hydrogen-bond donors (Lipinski definition) is 1. The Morgan fingerprint density at radius 1 is 1.29 bits per heavy atom. The van der Waals surface area contributed by atoms with Crippen LogP contribution in [0.5, 0.6) is 0 Å². The molecule has 0 aliphatic heterocycles. The van der Waals surface area contributed by atoms with Crippen LogP contribution in [0.2, 0.25) is 0 Å². The summed E-state index contributed by atoms with van der Waals surface area (Å²) >= 11 is 3.85. The van der Waals surface area contributed by atoms with Crippen LogP contribution in [-0.4, -0.2) is 18.6 Å². The second kappa shape index (κ2) is 8.17. The van der Waals surface area contributed by atoms with Crippen molar-refractivity contribution in [3.8, 4) is 0 Å². The molecular weight excluding hydrogens is 246 g/mol. The second-order valence-corrected chi connectivity index (χ2v) is 7.04. The van der Waals surface area contributed by atoms with Gasteiger partial charge in [0.25, 0.3) is 0 Å². The number of rotatable bonds is 8. The highest BCUT2D eigenvalue weighted by Gasteiger charge is 2.09. The highest BCUT2D eigenvalue weighted by atomic mass is 32.2. The van der Waals surface area contributed by atoms with Gasteiger partial charge in [0.1, 0.15) is 0 Å². The van der Waals surface area contributed by atoms with Crippen molar-refractivity contribution in [1.82, 2.24) is 5.32 Å². The summed E-state index contributed by atoms with van der Waals surface area (Å²) < 4.78 is 0. The van der Waals surface area contributed by atoms with Gasteiger partial charge in [-0.15, -0.1) is 11.3 Å². The SMILES string of the molecule is CSCCCCCNC(C)c1cc(C)sc1C. The molecule has 1 rings (SSSR count). The molecule has 1 aromatic rings. The molecular formula is C14H25NS2. The van der Waals surface area contributed by atoms with Gasteiger partial charge in [-0.25, -0.2) is 0 Å². The topological polar surface area (TPSA) is 12.0 Å². The fraction of sp³-hybridized carbons (Fsp3) is 0.714. The molecule has 1 unspecified atom stereocenters. The minimum Gasteiger partial charge on any atom is -0.310 e. The molecule has 1 heterocycles. The third-order valence-electron chi connectivity index (χ3n) is 3.02. The van der Waals surface area contributed by atoms with Crippen LogP contribution in [0.4, 0.5) is 0 Å². The summed E-state index contributed by atoms with van der Waals surface area (Å²) in [5, 5.41) is 3.63. The van der Waals surface area contributed by atoms with Crippen LogP contribution in [0.1, 0.15) is 47.5 Å². The van der Waals surface area contributed by atoms with Gasteiger partial charge >= 0.3 is 0 Å². The van der Waals surface area contributed by atoms with Gasteiger partial charge in [0.15, 0.2) is 0 Å². The molecule has 0 amide bonds. The molecule has 98 valence electrons. The van der Waals surface area contributed by atoms with Crippen molar-refractivity contribution < 1.29 is 0 Å². The summed E-state index contributed by atoms with van der Waals surface area (Å²) in [6, 6.07) is 2.83. The van der Waals surface area contributed by atoms with Crippen LogP contribution in [0.15, 0.2) is 6.07 Å². The van der Waals surface area contributed by atoms with E-state index in [1.165, 1.54) is 40.3 Å². The molecule has 3 heteroatoms. The normalized spacial score (nSPS) is 12.9. The van der Waals surface area contributed by atoms with Crippen molar-refractivity contribution >= 4 is 23.1 Å². The Morgan fingerprint density at radius 2 is 2.06 bits per heavy atom. The maximum absolute atomic E-state index is 3.63.